The fourth-order valence-electron chi connectivity index (χ4n) is 2.63. The molecule has 0 aromatic heterocycles. The molecule has 16 heavy (non-hydrogen) atoms. The molecule has 1 saturated carbocycles. The van der Waals surface area contributed by atoms with E-state index in [1.807, 2.05) is 30.3 Å². The average Bonchev–Trinajstić information content (AvgIpc) is 2.30. The molecule has 0 heterocycles. The quantitative estimate of drug-likeness (QED) is 0.678. The molecular formula is C14H16F2. The zero-order chi connectivity index (χ0) is 11.4. The van der Waals surface area contributed by atoms with Crippen LogP contribution in [0.4, 0.5) is 8.78 Å². The lowest BCUT2D eigenvalue weighted by Crippen LogP contribution is -2.16. The average molecular weight is 222 g/mol. The normalized spacial score (nSPS) is 25.1. The molecule has 0 nitrogen and oxygen atoms in total. The summed E-state index contributed by atoms with van der Waals surface area (Å²) in [5.74, 6) is 0.289. The molecule has 0 N–H and O–H groups in total. The topological polar surface area (TPSA) is 0 Å². The second kappa shape index (κ2) is 5.24. The minimum atomic E-state index is -1.53. The summed E-state index contributed by atoms with van der Waals surface area (Å²) in [5, 5.41) is 0. The van der Waals surface area contributed by atoms with E-state index in [-0.39, 0.29) is 11.8 Å². The van der Waals surface area contributed by atoms with Crippen LogP contribution < -0.4 is 0 Å². The Morgan fingerprint density at radius 3 is 2.44 bits per heavy atom. The number of rotatable bonds is 2. The third kappa shape index (κ3) is 2.69. The predicted molar refractivity (Wildman–Crippen MR) is 61.4 cm³/mol. The Morgan fingerprint density at radius 1 is 1.06 bits per heavy atom. The van der Waals surface area contributed by atoms with Gasteiger partial charge >= 0.3 is 0 Å². The van der Waals surface area contributed by atoms with Crippen LogP contribution in [0.5, 0.6) is 0 Å². The molecule has 1 aromatic carbocycles. The minimum absolute atomic E-state index is 0.0150. The Hall–Kier alpha value is -1.18. The molecule has 0 saturated heterocycles. The predicted octanol–water partition coefficient (Wildman–Crippen LogP) is 4.74. The Balaban J connectivity index is 2.20. The van der Waals surface area contributed by atoms with Gasteiger partial charge in [-0.15, -0.1) is 0 Å². The standard InChI is InChI=1S/C14H16F2/c15-14(16)10-12-8-4-5-9-13(12)11-6-2-1-3-7-11/h1-3,6-7,10,12-13H,4-5,8-9H2. The molecule has 0 amide bonds. The molecule has 1 aliphatic rings. The first kappa shape index (κ1) is 11.3. The number of hydrogen-bond donors (Lipinski definition) is 0. The van der Waals surface area contributed by atoms with Crippen LogP contribution in [0, 0.1) is 5.92 Å². The van der Waals surface area contributed by atoms with Crippen molar-refractivity contribution >= 4 is 0 Å². The van der Waals surface area contributed by atoms with Crippen LogP contribution in [0.3, 0.4) is 0 Å². The summed E-state index contributed by atoms with van der Waals surface area (Å²) in [6.07, 6.45) is 3.75. The highest BCUT2D eigenvalue weighted by Gasteiger charge is 2.25. The van der Waals surface area contributed by atoms with Gasteiger partial charge in [-0.1, -0.05) is 43.2 Å². The fraction of sp³-hybridized carbons (Fsp3) is 0.429. The van der Waals surface area contributed by atoms with Gasteiger partial charge in [-0.3, -0.25) is 0 Å². The van der Waals surface area contributed by atoms with Crippen LogP contribution in [-0.4, -0.2) is 0 Å². The lowest BCUT2D eigenvalue weighted by molar-refractivity contribution is 0.338. The smallest absolute Gasteiger partial charge is 0.174 e. The van der Waals surface area contributed by atoms with Crippen molar-refractivity contribution in [3.05, 3.63) is 48.1 Å². The van der Waals surface area contributed by atoms with Crippen LogP contribution in [0.2, 0.25) is 0 Å². The Morgan fingerprint density at radius 2 is 1.75 bits per heavy atom. The van der Waals surface area contributed by atoms with Crippen molar-refractivity contribution in [2.45, 2.75) is 31.6 Å². The second-order valence-electron chi connectivity index (χ2n) is 4.42. The zero-order valence-electron chi connectivity index (χ0n) is 9.20. The highest BCUT2D eigenvalue weighted by Crippen LogP contribution is 2.39. The highest BCUT2D eigenvalue weighted by atomic mass is 19.3. The van der Waals surface area contributed by atoms with Gasteiger partial charge in [0.15, 0.2) is 0 Å². The van der Waals surface area contributed by atoms with E-state index in [2.05, 4.69) is 0 Å². The molecule has 0 aliphatic heterocycles. The highest BCUT2D eigenvalue weighted by molar-refractivity contribution is 5.22. The van der Waals surface area contributed by atoms with Crippen LogP contribution in [0.25, 0.3) is 0 Å². The van der Waals surface area contributed by atoms with Gasteiger partial charge in [-0.05, 0) is 36.3 Å². The van der Waals surface area contributed by atoms with E-state index in [1.54, 1.807) is 0 Å². The SMILES string of the molecule is FC(F)=CC1CCCCC1c1ccccc1. The summed E-state index contributed by atoms with van der Waals surface area (Å²) in [6, 6.07) is 10.0. The molecule has 1 aromatic rings. The molecule has 2 unspecified atom stereocenters. The first-order chi connectivity index (χ1) is 7.77. The molecule has 2 rings (SSSR count). The lowest BCUT2D eigenvalue weighted by Gasteiger charge is -2.29. The van der Waals surface area contributed by atoms with Crippen molar-refractivity contribution in [1.82, 2.24) is 0 Å². The summed E-state index contributed by atoms with van der Waals surface area (Å²) in [6.45, 7) is 0. The van der Waals surface area contributed by atoms with Gasteiger partial charge in [0.25, 0.3) is 6.08 Å². The van der Waals surface area contributed by atoms with Gasteiger partial charge in [0.1, 0.15) is 0 Å². The monoisotopic (exact) mass is 222 g/mol. The molecule has 1 aliphatic carbocycles. The van der Waals surface area contributed by atoms with E-state index in [4.69, 9.17) is 0 Å². The molecule has 2 heteroatoms. The maximum Gasteiger partial charge on any atom is 0.266 e. The van der Waals surface area contributed by atoms with E-state index >= 15 is 0 Å². The van der Waals surface area contributed by atoms with Crippen molar-refractivity contribution in [2.75, 3.05) is 0 Å². The van der Waals surface area contributed by atoms with E-state index in [1.165, 1.54) is 5.56 Å². The largest absolute Gasteiger partial charge is 0.266 e. The Bertz CT molecular complexity index is 352. The summed E-state index contributed by atoms with van der Waals surface area (Å²) in [4.78, 5) is 0. The van der Waals surface area contributed by atoms with Crippen molar-refractivity contribution < 1.29 is 8.78 Å². The third-order valence-electron chi connectivity index (χ3n) is 3.39. The molecule has 0 spiro atoms. The maximum atomic E-state index is 12.4. The van der Waals surface area contributed by atoms with E-state index < -0.39 is 6.08 Å². The van der Waals surface area contributed by atoms with Gasteiger partial charge < -0.3 is 0 Å². The van der Waals surface area contributed by atoms with Gasteiger partial charge in [0.05, 0.1) is 0 Å². The lowest BCUT2D eigenvalue weighted by atomic mass is 9.75. The van der Waals surface area contributed by atoms with Crippen LogP contribution >= 0.6 is 0 Å². The molecule has 1 fully saturated rings. The summed E-state index contributed by atoms with van der Waals surface area (Å²) >= 11 is 0. The Labute approximate surface area is 95.0 Å². The van der Waals surface area contributed by atoms with Crippen molar-refractivity contribution in [3.8, 4) is 0 Å². The molecule has 0 bridgehead atoms. The van der Waals surface area contributed by atoms with Crippen molar-refractivity contribution in [3.63, 3.8) is 0 Å². The molecular weight excluding hydrogens is 206 g/mol. The summed E-state index contributed by atoms with van der Waals surface area (Å²) in [5.41, 5.74) is 1.20. The van der Waals surface area contributed by atoms with E-state index in [0.29, 0.717) is 0 Å². The first-order valence-corrected chi connectivity index (χ1v) is 5.85. The summed E-state index contributed by atoms with van der Waals surface area (Å²) in [7, 11) is 0. The molecule has 0 radical (unpaired) electrons. The first-order valence-electron chi connectivity index (χ1n) is 5.85. The zero-order valence-corrected chi connectivity index (χ0v) is 9.20. The Kier molecular flexibility index (Phi) is 3.70. The number of benzene rings is 1. The van der Waals surface area contributed by atoms with Gasteiger partial charge in [0, 0.05) is 0 Å². The van der Waals surface area contributed by atoms with Crippen LogP contribution in [-0.2, 0) is 0 Å². The minimum Gasteiger partial charge on any atom is -0.174 e. The summed E-state index contributed by atoms with van der Waals surface area (Å²) < 4.78 is 24.7. The number of halogens is 2. The van der Waals surface area contributed by atoms with Crippen molar-refractivity contribution in [2.24, 2.45) is 5.92 Å². The fourth-order valence-corrected chi connectivity index (χ4v) is 2.63. The van der Waals surface area contributed by atoms with E-state index in [9.17, 15) is 8.78 Å². The van der Waals surface area contributed by atoms with Crippen LogP contribution in [0.15, 0.2) is 42.5 Å². The number of allylic oxidation sites excluding steroid dienone is 1. The number of hydrogen-bond acceptors (Lipinski definition) is 0. The van der Waals surface area contributed by atoms with Gasteiger partial charge in [0.2, 0.25) is 0 Å². The van der Waals surface area contributed by atoms with Gasteiger partial charge in [-0.25, -0.2) is 0 Å². The van der Waals surface area contributed by atoms with E-state index in [0.717, 1.165) is 31.8 Å². The molecule has 86 valence electrons. The third-order valence-corrected chi connectivity index (χ3v) is 3.39. The van der Waals surface area contributed by atoms with Crippen molar-refractivity contribution in [1.29, 1.82) is 0 Å². The molecule has 2 atom stereocenters. The van der Waals surface area contributed by atoms with Gasteiger partial charge in [-0.2, -0.15) is 8.78 Å². The van der Waals surface area contributed by atoms with Crippen LogP contribution in [0.1, 0.15) is 37.2 Å². The second-order valence-corrected chi connectivity index (χ2v) is 4.42. The maximum absolute atomic E-state index is 12.4.